The van der Waals surface area contributed by atoms with Gasteiger partial charge in [0.1, 0.15) is 12.6 Å². The number of carbonyl (C=O) groups is 5. The maximum atomic E-state index is 12.6. The fourth-order valence-corrected chi connectivity index (χ4v) is 3.57. The maximum Gasteiger partial charge on any atom is 0.409 e. The van der Waals surface area contributed by atoms with Crippen LogP contribution >= 0.6 is 0 Å². The van der Waals surface area contributed by atoms with Crippen LogP contribution in [0.2, 0.25) is 0 Å². The normalized spacial score (nSPS) is 10.8. The Balaban J connectivity index is -0.00000128. The van der Waals surface area contributed by atoms with Crippen molar-refractivity contribution in [3.05, 3.63) is 29.8 Å². The minimum atomic E-state index is -0.707. The zero-order valence-corrected chi connectivity index (χ0v) is 33.6. The summed E-state index contributed by atoms with van der Waals surface area (Å²) in [6.07, 6.45) is 2.57. The Hall–Kier alpha value is -3.91. The van der Waals surface area contributed by atoms with Gasteiger partial charge in [0, 0.05) is 45.4 Å². The van der Waals surface area contributed by atoms with Gasteiger partial charge >= 0.3 is 12.1 Å². The highest BCUT2D eigenvalue weighted by Crippen LogP contribution is 2.11. The molecule has 0 aliphatic rings. The fourth-order valence-electron chi connectivity index (χ4n) is 3.57. The lowest BCUT2D eigenvalue weighted by molar-refractivity contribution is -0.130. The number of nitrogens with zero attached hydrogens (tertiary/aromatic N) is 2. The van der Waals surface area contributed by atoms with E-state index in [1.165, 1.54) is 4.90 Å². The topological polar surface area (TPSA) is 195 Å². The molecule has 0 aromatic heterocycles. The van der Waals surface area contributed by atoms with Crippen molar-refractivity contribution in [1.82, 2.24) is 25.8 Å². The highest BCUT2D eigenvalue weighted by atomic mass is 16.6. The molecule has 0 bridgehead atoms. The number of nitrogens with one attached hydrogen (secondary N) is 4. The van der Waals surface area contributed by atoms with Crippen LogP contribution in [0.5, 0.6) is 0 Å². The molecule has 0 saturated heterocycles. The third-order valence-corrected chi connectivity index (χ3v) is 6.69. The van der Waals surface area contributed by atoms with Crippen molar-refractivity contribution in [2.75, 3.05) is 59.2 Å². The van der Waals surface area contributed by atoms with E-state index in [2.05, 4.69) is 35.1 Å². The molecule has 0 heterocycles. The lowest BCUT2D eigenvalue weighted by Crippen LogP contribution is -2.51. The van der Waals surface area contributed by atoms with Gasteiger partial charge in [-0.3, -0.25) is 14.4 Å². The zero-order valence-electron chi connectivity index (χ0n) is 33.6. The van der Waals surface area contributed by atoms with E-state index < -0.39 is 30.0 Å². The summed E-state index contributed by atoms with van der Waals surface area (Å²) in [6, 6.07) is 5.75. The quantitative estimate of drug-likeness (QED) is 0.127. The average molecular weight is 726 g/mol. The zero-order chi connectivity index (χ0) is 39.9. The molecule has 0 aliphatic carbocycles. The van der Waals surface area contributed by atoms with E-state index in [0.717, 1.165) is 31.4 Å². The fraction of sp³-hybridized carbons (Fsp3) is 0.703. The van der Waals surface area contributed by atoms with Crippen molar-refractivity contribution < 1.29 is 33.8 Å². The number of hydrogen-bond donors (Lipinski definition) is 6. The smallest absolute Gasteiger partial charge is 0.409 e. The van der Waals surface area contributed by atoms with Crippen LogP contribution in [-0.4, -0.2) is 105 Å². The molecule has 1 atom stereocenters. The molecule has 14 nitrogen and oxygen atoms in total. The molecule has 0 radical (unpaired) electrons. The highest BCUT2D eigenvalue weighted by Gasteiger charge is 2.24. The Morgan fingerprint density at radius 1 is 0.843 bits per heavy atom. The van der Waals surface area contributed by atoms with Gasteiger partial charge in [-0.2, -0.15) is 0 Å². The van der Waals surface area contributed by atoms with Crippen molar-refractivity contribution in [2.24, 2.45) is 23.5 Å². The standard InChI is InChI=1S/C26H43N5O5.C5H12O.C4H10N2O.C2H6/c1-18(2)8-13-22(32)29-24(19(3)4)25(34)27-16-23(33)28-21-11-9-20(10-12-21)17-36-26(35)31(7)15-14-30(5)6;1-5(2)3-4-6;1-2-3-6-4(5)7;1-2/h9-12,18-19,24H,8,13-17H2,1-7H3,(H,27,34)(H,28,33)(H,29,32);5-6H,3-4H2,1-2H3;2-3H2,1H3,(H3,5,6,7);1-2H3. The summed E-state index contributed by atoms with van der Waals surface area (Å²) < 4.78 is 5.31. The number of rotatable bonds is 18. The SMILES string of the molecule is CC.CC(C)CCC(=O)NC(C(=O)NCC(=O)Nc1ccc(COC(=O)N(C)CCN(C)C)cc1)C(C)C.CC(C)CCO.CCCNC(N)=O. The predicted octanol–water partition coefficient (Wildman–Crippen LogP) is 4.56. The average Bonchev–Trinajstić information content (AvgIpc) is 3.07. The molecular weight excluding hydrogens is 654 g/mol. The molecule has 0 aliphatic heterocycles. The Morgan fingerprint density at radius 2 is 1.41 bits per heavy atom. The Labute approximate surface area is 308 Å². The molecule has 1 aromatic rings. The number of hydrogen-bond acceptors (Lipinski definition) is 8. The van der Waals surface area contributed by atoms with E-state index in [1.54, 1.807) is 31.3 Å². The van der Waals surface area contributed by atoms with Crippen molar-refractivity contribution in [1.29, 1.82) is 0 Å². The van der Waals surface area contributed by atoms with Gasteiger partial charge in [-0.25, -0.2) is 9.59 Å². The number of aliphatic hydroxyl groups excluding tert-OH is 1. The second-order valence-corrected chi connectivity index (χ2v) is 13.2. The van der Waals surface area contributed by atoms with E-state index in [0.29, 0.717) is 43.6 Å². The molecule has 1 unspecified atom stereocenters. The summed E-state index contributed by atoms with van der Waals surface area (Å²) in [7, 11) is 5.56. The molecule has 51 heavy (non-hydrogen) atoms. The number of primary amides is 1. The number of nitrogens with two attached hydrogens (primary N) is 1. The van der Waals surface area contributed by atoms with Gasteiger partial charge in [-0.1, -0.05) is 74.4 Å². The van der Waals surface area contributed by atoms with Gasteiger partial charge in [0.25, 0.3) is 0 Å². The minimum Gasteiger partial charge on any atom is -0.445 e. The summed E-state index contributed by atoms with van der Waals surface area (Å²) in [4.78, 5) is 62.4. The molecular formula is C37H71N7O7. The molecule has 296 valence electrons. The summed E-state index contributed by atoms with van der Waals surface area (Å²) in [5.41, 5.74) is 6.06. The molecule has 0 saturated carbocycles. The molecule has 14 heteroatoms. The molecule has 1 rings (SSSR count). The van der Waals surface area contributed by atoms with Crippen molar-refractivity contribution in [3.63, 3.8) is 0 Å². The lowest BCUT2D eigenvalue weighted by atomic mass is 10.0. The van der Waals surface area contributed by atoms with Gasteiger partial charge in [0.05, 0.1) is 6.54 Å². The van der Waals surface area contributed by atoms with Crippen LogP contribution in [0.25, 0.3) is 0 Å². The summed E-state index contributed by atoms with van der Waals surface area (Å²) in [6.45, 7) is 20.1. The van der Waals surface area contributed by atoms with E-state index in [4.69, 9.17) is 15.6 Å². The monoisotopic (exact) mass is 726 g/mol. The maximum absolute atomic E-state index is 12.6. The number of aliphatic hydroxyl groups is 1. The first-order valence-electron chi connectivity index (χ1n) is 18.1. The summed E-state index contributed by atoms with van der Waals surface area (Å²) in [5.74, 6) is -0.0347. The number of ether oxygens (including phenoxy) is 1. The van der Waals surface area contributed by atoms with Gasteiger partial charge in [-0.05, 0) is 68.8 Å². The number of likely N-dealkylation sites (N-methyl/N-ethyl adjacent to an activating group) is 2. The number of amides is 6. The van der Waals surface area contributed by atoms with Crippen LogP contribution < -0.4 is 27.0 Å². The number of carbonyl (C=O) groups excluding carboxylic acids is 5. The number of anilines is 1. The van der Waals surface area contributed by atoms with Crippen LogP contribution in [0, 0.1) is 17.8 Å². The van der Waals surface area contributed by atoms with E-state index in [-0.39, 0.29) is 25.0 Å². The van der Waals surface area contributed by atoms with E-state index in [1.807, 2.05) is 67.5 Å². The second kappa shape index (κ2) is 32.0. The van der Waals surface area contributed by atoms with Crippen molar-refractivity contribution in [2.45, 2.75) is 101 Å². The third-order valence-electron chi connectivity index (χ3n) is 6.69. The first kappa shape index (κ1) is 51.5. The van der Waals surface area contributed by atoms with Crippen molar-refractivity contribution in [3.8, 4) is 0 Å². The Kier molecular flexibility index (Phi) is 32.3. The first-order valence-corrected chi connectivity index (χ1v) is 18.1. The summed E-state index contributed by atoms with van der Waals surface area (Å²) >= 11 is 0. The lowest BCUT2D eigenvalue weighted by Gasteiger charge is -2.22. The predicted molar refractivity (Wildman–Crippen MR) is 206 cm³/mol. The van der Waals surface area contributed by atoms with Gasteiger partial charge in [-0.15, -0.1) is 0 Å². The second-order valence-electron chi connectivity index (χ2n) is 13.2. The minimum absolute atomic E-state index is 0.120. The van der Waals surface area contributed by atoms with Crippen LogP contribution in [-0.2, 0) is 25.7 Å². The Bertz CT molecular complexity index is 1080. The third kappa shape index (κ3) is 31.8. The van der Waals surface area contributed by atoms with Gasteiger partial charge in [0.15, 0.2) is 0 Å². The first-order chi connectivity index (χ1) is 23.9. The van der Waals surface area contributed by atoms with Gasteiger partial charge in [0.2, 0.25) is 17.7 Å². The van der Waals surface area contributed by atoms with E-state index >= 15 is 0 Å². The molecule has 0 spiro atoms. The van der Waals surface area contributed by atoms with Crippen LogP contribution in [0.4, 0.5) is 15.3 Å². The molecule has 7 N–H and O–H groups in total. The van der Waals surface area contributed by atoms with Gasteiger partial charge < -0.3 is 46.6 Å². The molecule has 6 amide bonds. The largest absolute Gasteiger partial charge is 0.445 e. The molecule has 0 fully saturated rings. The van der Waals surface area contributed by atoms with E-state index in [9.17, 15) is 24.0 Å². The summed E-state index contributed by atoms with van der Waals surface area (Å²) in [5, 5.41) is 18.7. The van der Waals surface area contributed by atoms with Crippen LogP contribution in [0.15, 0.2) is 24.3 Å². The Morgan fingerprint density at radius 3 is 1.82 bits per heavy atom. The number of benzene rings is 1. The highest BCUT2D eigenvalue weighted by molar-refractivity contribution is 5.96. The number of urea groups is 1. The van der Waals surface area contributed by atoms with Crippen LogP contribution in [0.3, 0.4) is 0 Å². The van der Waals surface area contributed by atoms with Crippen molar-refractivity contribution >= 4 is 35.5 Å². The molecule has 1 aromatic carbocycles. The van der Waals surface area contributed by atoms with Crippen LogP contribution in [0.1, 0.15) is 93.6 Å².